The van der Waals surface area contributed by atoms with E-state index in [4.69, 9.17) is 4.52 Å². The molecule has 0 spiro atoms. The summed E-state index contributed by atoms with van der Waals surface area (Å²) in [6, 6.07) is 0. The molecule has 1 aliphatic heterocycles. The lowest BCUT2D eigenvalue weighted by atomic mass is 9.97. The number of aliphatic imine (C=N–C) groups is 1. The van der Waals surface area contributed by atoms with Gasteiger partial charge in [-0.1, -0.05) is 19.0 Å². The van der Waals surface area contributed by atoms with Gasteiger partial charge in [0.2, 0.25) is 0 Å². The van der Waals surface area contributed by atoms with Gasteiger partial charge in [-0.05, 0) is 45.3 Å². The van der Waals surface area contributed by atoms with Gasteiger partial charge in [0.05, 0.1) is 5.69 Å². The lowest BCUT2D eigenvalue weighted by Crippen LogP contribution is -2.42. The molecule has 0 aliphatic carbocycles. The average molecular weight is 321 g/mol. The number of nitrogens with zero attached hydrogens (tertiary/aromatic N) is 3. The number of nitrogens with one attached hydrogen (secondary N) is 2. The largest absolute Gasteiger partial charge is 0.361 e. The molecule has 0 radical (unpaired) electrons. The van der Waals surface area contributed by atoms with Crippen LogP contribution in [-0.2, 0) is 19.4 Å². The first-order chi connectivity index (χ1) is 11.2. The van der Waals surface area contributed by atoms with Gasteiger partial charge in [0.1, 0.15) is 5.76 Å². The van der Waals surface area contributed by atoms with Crippen LogP contribution in [0.4, 0.5) is 0 Å². The highest BCUT2D eigenvalue weighted by Gasteiger charge is 2.17. The van der Waals surface area contributed by atoms with Gasteiger partial charge in [-0.25, -0.2) is 0 Å². The summed E-state index contributed by atoms with van der Waals surface area (Å²) in [5.41, 5.74) is 2.22. The molecule has 1 aromatic rings. The molecule has 0 aromatic carbocycles. The van der Waals surface area contributed by atoms with Crippen LogP contribution in [0.25, 0.3) is 0 Å². The van der Waals surface area contributed by atoms with E-state index in [9.17, 15) is 0 Å². The molecule has 6 nitrogen and oxygen atoms in total. The zero-order valence-corrected chi connectivity index (χ0v) is 15.0. The summed E-state index contributed by atoms with van der Waals surface area (Å²) in [7, 11) is 4.01. The van der Waals surface area contributed by atoms with E-state index in [1.807, 2.05) is 7.05 Å². The monoisotopic (exact) mass is 321 g/mol. The molecule has 0 atom stereocenters. The first kappa shape index (κ1) is 17.8. The fraction of sp³-hybridized carbons (Fsp3) is 0.765. The number of guanidine groups is 1. The molecule has 2 N–H and O–H groups in total. The molecular formula is C17H31N5O. The summed E-state index contributed by atoms with van der Waals surface area (Å²) >= 11 is 0. The third-order valence-corrected chi connectivity index (χ3v) is 4.66. The normalized spacial score (nSPS) is 17.5. The maximum Gasteiger partial charge on any atom is 0.191 e. The molecule has 2 heterocycles. The summed E-state index contributed by atoms with van der Waals surface area (Å²) in [4.78, 5) is 6.73. The number of aromatic nitrogens is 1. The lowest BCUT2D eigenvalue weighted by molar-refractivity contribution is 0.220. The molecule has 0 unspecified atom stereocenters. The van der Waals surface area contributed by atoms with Gasteiger partial charge in [0.15, 0.2) is 5.96 Å². The molecular weight excluding hydrogens is 290 g/mol. The second-order valence-corrected chi connectivity index (χ2v) is 6.29. The Kier molecular flexibility index (Phi) is 6.89. The van der Waals surface area contributed by atoms with Crippen LogP contribution in [0, 0.1) is 5.92 Å². The van der Waals surface area contributed by atoms with Gasteiger partial charge in [-0.15, -0.1) is 0 Å². The lowest BCUT2D eigenvalue weighted by Gasteiger charge is -2.29. The molecule has 2 rings (SSSR count). The minimum atomic E-state index is 0.711. The van der Waals surface area contributed by atoms with E-state index in [-0.39, 0.29) is 0 Å². The quantitative estimate of drug-likeness (QED) is 0.618. The zero-order valence-electron chi connectivity index (χ0n) is 15.0. The Labute approximate surface area is 139 Å². The maximum absolute atomic E-state index is 5.41. The molecule has 1 aliphatic rings. The first-order valence-corrected chi connectivity index (χ1v) is 8.77. The third-order valence-electron chi connectivity index (χ3n) is 4.66. The van der Waals surface area contributed by atoms with Crippen molar-refractivity contribution < 1.29 is 4.52 Å². The van der Waals surface area contributed by atoms with E-state index < -0.39 is 0 Å². The molecule has 1 fully saturated rings. The molecule has 6 heteroatoms. The Morgan fingerprint density at radius 3 is 2.61 bits per heavy atom. The molecule has 0 saturated carbocycles. The fourth-order valence-electron chi connectivity index (χ4n) is 3.04. The predicted molar refractivity (Wildman–Crippen MR) is 93.7 cm³/mol. The highest BCUT2D eigenvalue weighted by Crippen LogP contribution is 2.16. The van der Waals surface area contributed by atoms with E-state index in [0.29, 0.717) is 6.54 Å². The molecule has 130 valence electrons. The number of piperidine rings is 1. The van der Waals surface area contributed by atoms with Crippen LogP contribution in [0.1, 0.15) is 43.7 Å². The van der Waals surface area contributed by atoms with Crippen molar-refractivity contribution in [3.8, 4) is 0 Å². The Balaban J connectivity index is 1.82. The number of hydrogen-bond acceptors (Lipinski definition) is 4. The topological polar surface area (TPSA) is 65.7 Å². The number of likely N-dealkylation sites (tertiary alicyclic amines) is 1. The van der Waals surface area contributed by atoms with E-state index in [0.717, 1.165) is 42.7 Å². The van der Waals surface area contributed by atoms with Gasteiger partial charge in [0.25, 0.3) is 0 Å². The number of aryl methyl sites for hydroxylation is 2. The van der Waals surface area contributed by atoms with Gasteiger partial charge >= 0.3 is 0 Å². The van der Waals surface area contributed by atoms with Gasteiger partial charge in [0, 0.05) is 32.1 Å². The van der Waals surface area contributed by atoms with Crippen molar-refractivity contribution in [1.29, 1.82) is 0 Å². The predicted octanol–water partition coefficient (Wildman–Crippen LogP) is 1.81. The van der Waals surface area contributed by atoms with E-state index in [2.05, 4.69) is 46.6 Å². The Morgan fingerprint density at radius 2 is 2.00 bits per heavy atom. The SMILES string of the molecule is CCc1noc(CC)c1CNC(=NC)NCC1CCN(C)CC1. The van der Waals surface area contributed by atoms with Crippen molar-refractivity contribution in [1.82, 2.24) is 20.7 Å². The number of rotatable bonds is 6. The van der Waals surface area contributed by atoms with Crippen molar-refractivity contribution in [2.45, 2.75) is 46.1 Å². The van der Waals surface area contributed by atoms with Crippen LogP contribution in [-0.4, -0.2) is 49.7 Å². The summed E-state index contributed by atoms with van der Waals surface area (Å²) in [6.45, 7) is 8.28. The molecule has 0 amide bonds. The third kappa shape index (κ3) is 4.96. The van der Waals surface area contributed by atoms with E-state index >= 15 is 0 Å². The molecule has 1 saturated heterocycles. The Hall–Kier alpha value is -1.56. The van der Waals surface area contributed by atoms with E-state index in [1.54, 1.807) is 0 Å². The van der Waals surface area contributed by atoms with Gasteiger partial charge in [-0.3, -0.25) is 4.99 Å². The summed E-state index contributed by atoms with van der Waals surface area (Å²) in [5.74, 6) is 2.56. The molecule has 1 aromatic heterocycles. The molecule has 23 heavy (non-hydrogen) atoms. The summed E-state index contributed by atoms with van der Waals surface area (Å²) < 4.78 is 5.41. The van der Waals surface area contributed by atoms with Crippen LogP contribution >= 0.6 is 0 Å². The van der Waals surface area contributed by atoms with E-state index in [1.165, 1.54) is 31.5 Å². The van der Waals surface area contributed by atoms with Gasteiger partial charge < -0.3 is 20.1 Å². The first-order valence-electron chi connectivity index (χ1n) is 8.77. The average Bonchev–Trinajstić information content (AvgIpc) is 2.98. The Morgan fingerprint density at radius 1 is 1.26 bits per heavy atom. The minimum Gasteiger partial charge on any atom is -0.361 e. The second-order valence-electron chi connectivity index (χ2n) is 6.29. The smallest absolute Gasteiger partial charge is 0.191 e. The second kappa shape index (κ2) is 8.91. The summed E-state index contributed by atoms with van der Waals surface area (Å²) in [5, 5.41) is 11.0. The summed E-state index contributed by atoms with van der Waals surface area (Å²) in [6.07, 6.45) is 4.27. The highest BCUT2D eigenvalue weighted by molar-refractivity contribution is 5.79. The van der Waals surface area contributed by atoms with Crippen LogP contribution in [0.15, 0.2) is 9.52 Å². The molecule has 0 bridgehead atoms. The van der Waals surface area contributed by atoms with Crippen LogP contribution in [0.2, 0.25) is 0 Å². The number of hydrogen-bond donors (Lipinski definition) is 2. The van der Waals surface area contributed by atoms with Crippen molar-refractivity contribution in [3.05, 3.63) is 17.0 Å². The van der Waals surface area contributed by atoms with Crippen LogP contribution in [0.3, 0.4) is 0 Å². The van der Waals surface area contributed by atoms with Crippen LogP contribution in [0.5, 0.6) is 0 Å². The maximum atomic E-state index is 5.41. The fourth-order valence-corrected chi connectivity index (χ4v) is 3.04. The highest BCUT2D eigenvalue weighted by atomic mass is 16.5. The van der Waals surface area contributed by atoms with Crippen molar-refractivity contribution in [2.24, 2.45) is 10.9 Å². The van der Waals surface area contributed by atoms with Crippen molar-refractivity contribution >= 4 is 5.96 Å². The Bertz CT molecular complexity index is 482. The minimum absolute atomic E-state index is 0.711. The zero-order chi connectivity index (χ0) is 16.7. The van der Waals surface area contributed by atoms with Crippen molar-refractivity contribution in [2.75, 3.05) is 33.7 Å². The standard InChI is InChI=1S/C17H31N5O/c1-5-15-14(16(6-2)23-21-15)12-20-17(18-3)19-11-13-7-9-22(4)10-8-13/h13H,5-12H2,1-4H3,(H2,18,19,20). The van der Waals surface area contributed by atoms with Gasteiger partial charge in [-0.2, -0.15) is 0 Å². The van der Waals surface area contributed by atoms with Crippen LogP contribution < -0.4 is 10.6 Å². The van der Waals surface area contributed by atoms with Crippen molar-refractivity contribution in [3.63, 3.8) is 0 Å².